The number of nitrogens with zero attached hydrogens (tertiary/aromatic N) is 2. The Bertz CT molecular complexity index is 1290. The molecule has 0 saturated carbocycles. The Hall–Kier alpha value is -4.15. The van der Waals surface area contributed by atoms with Gasteiger partial charge in [0.15, 0.2) is 23.0 Å². The molecule has 0 radical (unpaired) electrons. The molecule has 3 rings (SSSR count). The molecule has 0 bridgehead atoms. The molecule has 0 heterocycles. The smallest absolute Gasteiger partial charge is 0.161 e. The molecule has 0 aliphatic heterocycles. The molecule has 7 heteroatoms. The van der Waals surface area contributed by atoms with Gasteiger partial charge in [-0.3, -0.25) is 0 Å². The second-order valence-corrected chi connectivity index (χ2v) is 10.7. The van der Waals surface area contributed by atoms with Gasteiger partial charge in [-0.1, -0.05) is 50.3 Å². The number of benzene rings is 3. The highest BCUT2D eigenvalue weighted by Gasteiger charge is 2.36. The van der Waals surface area contributed by atoms with E-state index in [1.54, 1.807) is 28.4 Å². The highest BCUT2D eigenvalue weighted by molar-refractivity contribution is 5.47. The first-order chi connectivity index (χ1) is 20.8. The van der Waals surface area contributed by atoms with Gasteiger partial charge in [-0.2, -0.15) is 5.26 Å². The molecule has 0 spiro atoms. The maximum absolute atomic E-state index is 10.2. The van der Waals surface area contributed by atoms with Crippen molar-refractivity contribution in [2.75, 3.05) is 60.4 Å². The number of ether oxygens (including phenoxy) is 4. The maximum atomic E-state index is 10.2. The average molecular weight is 588 g/mol. The van der Waals surface area contributed by atoms with Crippen molar-refractivity contribution >= 4 is 5.69 Å². The van der Waals surface area contributed by atoms with Crippen molar-refractivity contribution in [3.8, 4) is 29.1 Å². The van der Waals surface area contributed by atoms with Crippen molar-refractivity contribution in [2.45, 2.75) is 38.5 Å². The van der Waals surface area contributed by atoms with Crippen LogP contribution in [0.3, 0.4) is 0 Å². The van der Waals surface area contributed by atoms with Crippen LogP contribution in [-0.4, -0.2) is 60.0 Å². The lowest BCUT2D eigenvalue weighted by Gasteiger charge is -2.32. The molecule has 0 aromatic heterocycles. The molecule has 232 valence electrons. The van der Waals surface area contributed by atoms with E-state index in [-0.39, 0.29) is 5.92 Å². The summed E-state index contributed by atoms with van der Waals surface area (Å²) in [5, 5.41) is 13.4. The van der Waals surface area contributed by atoms with Gasteiger partial charge >= 0.3 is 0 Å². The molecule has 0 aliphatic carbocycles. The molecular weight excluding hydrogens is 538 g/mol. The minimum Gasteiger partial charge on any atom is -0.493 e. The number of nitriles is 1. The van der Waals surface area contributed by atoms with Crippen molar-refractivity contribution in [1.29, 1.82) is 5.26 Å². The van der Waals surface area contributed by atoms with E-state index in [0.29, 0.717) is 11.5 Å². The zero-order valence-corrected chi connectivity index (χ0v) is 27.0. The Morgan fingerprint density at radius 1 is 0.860 bits per heavy atom. The van der Waals surface area contributed by atoms with Crippen molar-refractivity contribution in [3.05, 3.63) is 90.5 Å². The summed E-state index contributed by atoms with van der Waals surface area (Å²) in [6.45, 7) is 10.5. The molecule has 3 aromatic rings. The Kier molecular flexibility index (Phi) is 15.0. The summed E-state index contributed by atoms with van der Waals surface area (Å²) in [5.41, 5.74) is 2.75. The van der Waals surface area contributed by atoms with Gasteiger partial charge in [-0.25, -0.2) is 0 Å². The summed E-state index contributed by atoms with van der Waals surface area (Å²) >= 11 is 0. The number of methoxy groups -OCH3 is 4. The van der Waals surface area contributed by atoms with Crippen LogP contribution in [0.1, 0.15) is 37.8 Å². The van der Waals surface area contributed by atoms with Crippen LogP contribution in [0.15, 0.2) is 79.4 Å². The van der Waals surface area contributed by atoms with Crippen molar-refractivity contribution in [1.82, 2.24) is 4.90 Å². The predicted molar refractivity (Wildman–Crippen MR) is 177 cm³/mol. The molecule has 1 unspecified atom stereocenters. The fraction of sp³-hybridized carbons (Fsp3) is 0.417. The normalized spacial score (nSPS) is 11.9. The zero-order chi connectivity index (χ0) is 31.7. The number of likely N-dealkylation sites (N-methyl/N-ethyl adjacent to an activating group) is 1. The summed E-state index contributed by atoms with van der Waals surface area (Å²) in [6, 6.07) is 24.6. The Balaban J connectivity index is 0.000000543. The number of para-hydroxylation sites is 1. The van der Waals surface area contributed by atoms with E-state index >= 15 is 0 Å². The standard InChI is InChI=1S/C27H38N2O4.C9H11N/c1-20(2)27(19-28,22-10-12-24(31-5)26(18-22)33-7)14-8-15-29(3)16-13-21-9-11-23(30-4)25(17-21)32-6;1-2-8-10-9-6-4-3-5-7-9/h9-12,17-18,20H,8,13-16H2,1-7H3;2-7,10H,1,8H2. The highest BCUT2D eigenvalue weighted by atomic mass is 16.5. The zero-order valence-electron chi connectivity index (χ0n) is 27.0. The number of nitrogens with one attached hydrogen (secondary N) is 1. The van der Waals surface area contributed by atoms with Gasteiger partial charge in [0, 0.05) is 18.8 Å². The van der Waals surface area contributed by atoms with Crippen LogP contribution in [0, 0.1) is 17.2 Å². The number of hydrogen-bond acceptors (Lipinski definition) is 7. The van der Waals surface area contributed by atoms with E-state index < -0.39 is 5.41 Å². The van der Waals surface area contributed by atoms with Gasteiger partial charge < -0.3 is 29.2 Å². The van der Waals surface area contributed by atoms with E-state index in [1.165, 1.54) is 5.56 Å². The van der Waals surface area contributed by atoms with E-state index in [2.05, 4.69) is 49.8 Å². The van der Waals surface area contributed by atoms with Gasteiger partial charge in [-0.05, 0) is 86.3 Å². The molecule has 7 nitrogen and oxygen atoms in total. The minimum absolute atomic E-state index is 0.165. The van der Waals surface area contributed by atoms with Gasteiger partial charge in [0.25, 0.3) is 0 Å². The van der Waals surface area contributed by atoms with Crippen LogP contribution in [-0.2, 0) is 11.8 Å². The Morgan fingerprint density at radius 2 is 1.47 bits per heavy atom. The monoisotopic (exact) mass is 587 g/mol. The number of hydrogen-bond donors (Lipinski definition) is 1. The second-order valence-electron chi connectivity index (χ2n) is 10.7. The SMILES string of the molecule is C=CCNc1ccccc1.COc1ccc(CCN(C)CCCC(C#N)(c2ccc(OC)c(OC)c2)C(C)C)cc1OC. The Labute approximate surface area is 259 Å². The lowest BCUT2D eigenvalue weighted by molar-refractivity contribution is 0.292. The van der Waals surface area contributed by atoms with Crippen molar-refractivity contribution < 1.29 is 18.9 Å². The predicted octanol–water partition coefficient (Wildman–Crippen LogP) is 7.38. The minimum atomic E-state index is -0.580. The molecule has 3 aromatic carbocycles. The van der Waals surface area contributed by atoms with Crippen molar-refractivity contribution in [3.63, 3.8) is 0 Å². The molecular formula is C36H49N3O4. The third-order valence-corrected chi connectivity index (χ3v) is 7.65. The average Bonchev–Trinajstić information content (AvgIpc) is 3.05. The Morgan fingerprint density at radius 3 is 2.02 bits per heavy atom. The first kappa shape index (κ1) is 35.0. The summed E-state index contributed by atoms with van der Waals surface area (Å²) < 4.78 is 21.6. The van der Waals surface area contributed by atoms with Crippen LogP contribution < -0.4 is 24.3 Å². The highest BCUT2D eigenvalue weighted by Crippen LogP contribution is 2.40. The molecule has 0 fully saturated rings. The maximum Gasteiger partial charge on any atom is 0.161 e. The summed E-state index contributed by atoms with van der Waals surface area (Å²) in [6.07, 6.45) is 4.45. The lowest BCUT2D eigenvalue weighted by atomic mass is 9.69. The van der Waals surface area contributed by atoms with Gasteiger partial charge in [-0.15, -0.1) is 6.58 Å². The third kappa shape index (κ3) is 10.3. The van der Waals surface area contributed by atoms with Crippen LogP contribution in [0.2, 0.25) is 0 Å². The quantitative estimate of drug-likeness (QED) is 0.175. The fourth-order valence-corrected chi connectivity index (χ4v) is 4.97. The van der Waals surface area contributed by atoms with E-state index in [9.17, 15) is 5.26 Å². The largest absolute Gasteiger partial charge is 0.493 e. The van der Waals surface area contributed by atoms with E-state index in [0.717, 1.165) is 61.6 Å². The number of rotatable bonds is 16. The molecule has 1 N–H and O–H groups in total. The van der Waals surface area contributed by atoms with Crippen LogP contribution in [0.5, 0.6) is 23.0 Å². The third-order valence-electron chi connectivity index (χ3n) is 7.65. The van der Waals surface area contributed by atoms with E-state index in [4.69, 9.17) is 18.9 Å². The molecule has 0 aliphatic rings. The van der Waals surface area contributed by atoms with Crippen LogP contribution >= 0.6 is 0 Å². The topological polar surface area (TPSA) is 76.0 Å². The molecule has 43 heavy (non-hydrogen) atoms. The van der Waals surface area contributed by atoms with E-state index in [1.807, 2.05) is 66.7 Å². The number of anilines is 1. The van der Waals surface area contributed by atoms with Crippen LogP contribution in [0.4, 0.5) is 5.69 Å². The van der Waals surface area contributed by atoms with Gasteiger partial charge in [0.1, 0.15) is 0 Å². The second kappa shape index (κ2) is 18.4. The van der Waals surface area contributed by atoms with Crippen LogP contribution in [0.25, 0.3) is 0 Å². The summed E-state index contributed by atoms with van der Waals surface area (Å²) in [5.74, 6) is 2.99. The molecule has 0 amide bonds. The van der Waals surface area contributed by atoms with Gasteiger partial charge in [0.2, 0.25) is 0 Å². The first-order valence-corrected chi connectivity index (χ1v) is 14.7. The fourth-order valence-electron chi connectivity index (χ4n) is 4.97. The summed E-state index contributed by atoms with van der Waals surface area (Å²) in [4.78, 5) is 2.31. The summed E-state index contributed by atoms with van der Waals surface area (Å²) in [7, 11) is 8.67. The first-order valence-electron chi connectivity index (χ1n) is 14.7. The van der Waals surface area contributed by atoms with Crippen molar-refractivity contribution in [2.24, 2.45) is 5.92 Å². The molecule has 0 saturated heterocycles. The van der Waals surface area contributed by atoms with Gasteiger partial charge in [0.05, 0.1) is 39.9 Å². The molecule has 1 atom stereocenters. The lowest BCUT2D eigenvalue weighted by Crippen LogP contribution is -2.32.